The van der Waals surface area contributed by atoms with E-state index in [0.29, 0.717) is 5.56 Å². The van der Waals surface area contributed by atoms with E-state index in [-0.39, 0.29) is 5.78 Å². The Balaban J connectivity index is 1.64. The molecular formula is C24H20N2O. The van der Waals surface area contributed by atoms with Crippen molar-refractivity contribution in [3.05, 3.63) is 101 Å². The minimum Gasteiger partial charge on any atom is -0.289 e. The van der Waals surface area contributed by atoms with Gasteiger partial charge >= 0.3 is 0 Å². The molecule has 4 rings (SSSR count). The lowest BCUT2D eigenvalue weighted by Crippen LogP contribution is -1.98. The molecule has 3 aromatic carbocycles. The molecule has 1 aromatic heterocycles. The van der Waals surface area contributed by atoms with Gasteiger partial charge in [-0.1, -0.05) is 54.6 Å². The number of benzene rings is 3. The monoisotopic (exact) mass is 352 g/mol. The Labute approximate surface area is 158 Å². The van der Waals surface area contributed by atoms with Gasteiger partial charge in [0.2, 0.25) is 0 Å². The zero-order valence-corrected chi connectivity index (χ0v) is 15.4. The summed E-state index contributed by atoms with van der Waals surface area (Å²) >= 11 is 0. The molecule has 0 spiro atoms. The molecule has 0 saturated heterocycles. The van der Waals surface area contributed by atoms with Gasteiger partial charge in [0.15, 0.2) is 5.78 Å². The predicted octanol–water partition coefficient (Wildman–Crippen LogP) is 5.54. The van der Waals surface area contributed by atoms with Crippen LogP contribution in [0.5, 0.6) is 0 Å². The first kappa shape index (κ1) is 17.0. The van der Waals surface area contributed by atoms with Crippen molar-refractivity contribution >= 4 is 22.6 Å². The maximum Gasteiger partial charge on any atom is 0.185 e. The van der Waals surface area contributed by atoms with Crippen molar-refractivity contribution in [2.24, 2.45) is 0 Å². The molecule has 0 aliphatic rings. The fourth-order valence-corrected chi connectivity index (χ4v) is 3.31. The maximum atomic E-state index is 12.6. The van der Waals surface area contributed by atoms with Crippen molar-refractivity contribution < 1.29 is 4.79 Å². The normalized spacial score (nSPS) is 11.3. The number of fused-ring (bicyclic) bond motifs is 1. The van der Waals surface area contributed by atoms with Gasteiger partial charge in [-0.2, -0.15) is 5.10 Å². The second-order valence-electron chi connectivity index (χ2n) is 6.59. The number of hydrogen-bond donors (Lipinski definition) is 0. The summed E-state index contributed by atoms with van der Waals surface area (Å²) in [5.41, 5.74) is 4.60. The third kappa shape index (κ3) is 3.32. The van der Waals surface area contributed by atoms with Crippen LogP contribution in [0, 0.1) is 13.8 Å². The van der Waals surface area contributed by atoms with Gasteiger partial charge in [0, 0.05) is 16.8 Å². The Kier molecular flexibility index (Phi) is 4.43. The summed E-state index contributed by atoms with van der Waals surface area (Å²) in [6.07, 6.45) is 3.51. The molecule has 132 valence electrons. The van der Waals surface area contributed by atoms with Gasteiger partial charge in [0.25, 0.3) is 0 Å². The molecule has 3 heteroatoms. The van der Waals surface area contributed by atoms with Crippen LogP contribution in [0.2, 0.25) is 0 Å². The number of aromatic nitrogens is 2. The summed E-state index contributed by atoms with van der Waals surface area (Å²) in [7, 11) is 0. The van der Waals surface area contributed by atoms with Crippen molar-refractivity contribution in [2.45, 2.75) is 13.8 Å². The Bertz CT molecular complexity index is 1150. The standard InChI is InChI=1S/C24H20N2O/c1-17-23(18(2)26(25-17)22-10-4-3-5-11-22)14-15-24(27)21-13-12-19-8-6-7-9-20(19)16-21/h3-16H,1-2H3/b15-14+. The highest BCUT2D eigenvalue weighted by molar-refractivity contribution is 6.08. The number of aryl methyl sites for hydroxylation is 1. The molecule has 4 aromatic rings. The minimum absolute atomic E-state index is 0.00739. The Morgan fingerprint density at radius 2 is 1.59 bits per heavy atom. The lowest BCUT2D eigenvalue weighted by Gasteiger charge is -2.03. The molecular weight excluding hydrogens is 332 g/mol. The fraction of sp³-hybridized carbons (Fsp3) is 0.0833. The number of ketones is 1. The molecule has 3 nitrogen and oxygen atoms in total. The first-order valence-corrected chi connectivity index (χ1v) is 8.96. The van der Waals surface area contributed by atoms with Gasteiger partial charge in [-0.3, -0.25) is 4.79 Å². The summed E-state index contributed by atoms with van der Waals surface area (Å²) < 4.78 is 1.91. The van der Waals surface area contributed by atoms with Crippen LogP contribution in [0.15, 0.2) is 78.9 Å². The van der Waals surface area contributed by atoms with Gasteiger partial charge in [0.1, 0.15) is 0 Å². The molecule has 0 amide bonds. The summed E-state index contributed by atoms with van der Waals surface area (Å²) in [5, 5.41) is 6.83. The van der Waals surface area contributed by atoms with Crippen LogP contribution < -0.4 is 0 Å². The van der Waals surface area contributed by atoms with Gasteiger partial charge in [-0.25, -0.2) is 4.68 Å². The van der Waals surface area contributed by atoms with Crippen molar-refractivity contribution in [1.29, 1.82) is 0 Å². The SMILES string of the molecule is Cc1nn(-c2ccccc2)c(C)c1/C=C/C(=O)c1ccc2ccccc2c1. The van der Waals surface area contributed by atoms with Crippen LogP contribution in [-0.2, 0) is 0 Å². The molecule has 0 radical (unpaired) electrons. The molecule has 1 heterocycles. The molecule has 0 bridgehead atoms. The second-order valence-corrected chi connectivity index (χ2v) is 6.59. The average Bonchev–Trinajstić information content (AvgIpc) is 3.00. The van der Waals surface area contributed by atoms with E-state index in [1.165, 1.54) is 0 Å². The number of para-hydroxylation sites is 1. The van der Waals surface area contributed by atoms with E-state index >= 15 is 0 Å². The third-order valence-corrected chi connectivity index (χ3v) is 4.78. The maximum absolute atomic E-state index is 12.6. The van der Waals surface area contributed by atoms with Crippen molar-refractivity contribution in [3.8, 4) is 5.69 Å². The fourth-order valence-electron chi connectivity index (χ4n) is 3.31. The summed E-state index contributed by atoms with van der Waals surface area (Å²) in [5.74, 6) is -0.00739. The zero-order chi connectivity index (χ0) is 18.8. The first-order chi connectivity index (χ1) is 13.1. The van der Waals surface area contributed by atoms with E-state index < -0.39 is 0 Å². The van der Waals surface area contributed by atoms with Gasteiger partial charge in [0.05, 0.1) is 11.4 Å². The van der Waals surface area contributed by atoms with Crippen LogP contribution in [0.4, 0.5) is 0 Å². The molecule has 0 aliphatic carbocycles. The topological polar surface area (TPSA) is 34.9 Å². The van der Waals surface area contributed by atoms with Crippen molar-refractivity contribution in [3.63, 3.8) is 0 Å². The van der Waals surface area contributed by atoms with E-state index in [1.807, 2.05) is 97.4 Å². The number of hydrogen-bond acceptors (Lipinski definition) is 2. The number of carbonyl (C=O) groups is 1. The number of carbonyl (C=O) groups excluding carboxylic acids is 1. The lowest BCUT2D eigenvalue weighted by atomic mass is 10.0. The molecule has 0 unspecified atom stereocenters. The van der Waals surface area contributed by atoms with Crippen LogP contribution in [-0.4, -0.2) is 15.6 Å². The van der Waals surface area contributed by atoms with Gasteiger partial charge in [-0.15, -0.1) is 0 Å². The van der Waals surface area contributed by atoms with Crippen LogP contribution in [0.3, 0.4) is 0 Å². The predicted molar refractivity (Wildman–Crippen MR) is 110 cm³/mol. The van der Waals surface area contributed by atoms with E-state index in [1.54, 1.807) is 6.08 Å². The number of allylic oxidation sites excluding steroid dienone is 1. The average molecular weight is 352 g/mol. The van der Waals surface area contributed by atoms with E-state index in [4.69, 9.17) is 0 Å². The Morgan fingerprint density at radius 1 is 0.889 bits per heavy atom. The minimum atomic E-state index is -0.00739. The van der Waals surface area contributed by atoms with E-state index in [9.17, 15) is 4.79 Å². The third-order valence-electron chi connectivity index (χ3n) is 4.78. The molecule has 0 aliphatic heterocycles. The Hall–Kier alpha value is -3.46. The van der Waals surface area contributed by atoms with E-state index in [2.05, 4.69) is 5.10 Å². The summed E-state index contributed by atoms with van der Waals surface area (Å²) in [4.78, 5) is 12.6. The van der Waals surface area contributed by atoms with Crippen LogP contribution >= 0.6 is 0 Å². The van der Waals surface area contributed by atoms with Gasteiger partial charge < -0.3 is 0 Å². The molecule has 0 atom stereocenters. The molecule has 0 saturated carbocycles. The van der Waals surface area contributed by atoms with E-state index in [0.717, 1.165) is 33.4 Å². The molecule has 0 N–H and O–H groups in total. The zero-order valence-electron chi connectivity index (χ0n) is 15.4. The lowest BCUT2D eigenvalue weighted by molar-refractivity contribution is 0.104. The highest BCUT2D eigenvalue weighted by Gasteiger charge is 2.11. The second kappa shape index (κ2) is 7.04. The van der Waals surface area contributed by atoms with Crippen LogP contribution in [0.1, 0.15) is 27.3 Å². The molecule has 0 fully saturated rings. The number of nitrogens with zero attached hydrogens (tertiary/aromatic N) is 2. The summed E-state index contributed by atoms with van der Waals surface area (Å²) in [6, 6.07) is 23.9. The smallest absolute Gasteiger partial charge is 0.185 e. The highest BCUT2D eigenvalue weighted by atomic mass is 16.1. The largest absolute Gasteiger partial charge is 0.289 e. The first-order valence-electron chi connectivity index (χ1n) is 8.96. The van der Waals surface area contributed by atoms with Gasteiger partial charge in [-0.05, 0) is 55.0 Å². The van der Waals surface area contributed by atoms with Crippen molar-refractivity contribution in [1.82, 2.24) is 9.78 Å². The quantitative estimate of drug-likeness (QED) is 0.357. The van der Waals surface area contributed by atoms with Crippen molar-refractivity contribution in [2.75, 3.05) is 0 Å². The Morgan fingerprint density at radius 3 is 2.37 bits per heavy atom. The summed E-state index contributed by atoms with van der Waals surface area (Å²) in [6.45, 7) is 3.99. The highest BCUT2D eigenvalue weighted by Crippen LogP contribution is 2.20. The molecule has 27 heavy (non-hydrogen) atoms. The van der Waals surface area contributed by atoms with Crippen LogP contribution in [0.25, 0.3) is 22.5 Å². The number of rotatable bonds is 4.